The SMILES string of the molecule is Cc1cccc(OC(C)C(=O)Nc2cc(Cl)ccc2N2CCN(C)CC2)c1. The third-order valence-electron chi connectivity index (χ3n) is 4.73. The highest BCUT2D eigenvalue weighted by atomic mass is 35.5. The van der Waals surface area contributed by atoms with Crippen LogP contribution in [0, 0.1) is 6.92 Å². The molecule has 0 aromatic heterocycles. The Labute approximate surface area is 165 Å². The molecule has 0 radical (unpaired) electrons. The van der Waals surface area contributed by atoms with Crippen molar-refractivity contribution in [2.24, 2.45) is 0 Å². The number of hydrogen-bond acceptors (Lipinski definition) is 4. The maximum absolute atomic E-state index is 12.7. The quantitative estimate of drug-likeness (QED) is 0.847. The van der Waals surface area contributed by atoms with Gasteiger partial charge in [-0.2, -0.15) is 0 Å². The number of hydrogen-bond donors (Lipinski definition) is 1. The molecule has 3 rings (SSSR count). The lowest BCUT2D eigenvalue weighted by Gasteiger charge is -2.35. The molecule has 6 heteroatoms. The van der Waals surface area contributed by atoms with Crippen LogP contribution in [0.3, 0.4) is 0 Å². The molecule has 0 saturated carbocycles. The molecule has 1 aliphatic rings. The normalized spacial score (nSPS) is 16.1. The Hall–Kier alpha value is -2.24. The Bertz CT molecular complexity index is 804. The molecule has 1 heterocycles. The summed E-state index contributed by atoms with van der Waals surface area (Å²) in [5, 5.41) is 3.58. The molecule has 0 spiro atoms. The Balaban J connectivity index is 1.72. The highest BCUT2D eigenvalue weighted by Gasteiger charge is 2.21. The van der Waals surface area contributed by atoms with Gasteiger partial charge >= 0.3 is 0 Å². The molecule has 1 saturated heterocycles. The number of piperazine rings is 1. The predicted molar refractivity (Wildman–Crippen MR) is 111 cm³/mol. The highest BCUT2D eigenvalue weighted by molar-refractivity contribution is 6.31. The summed E-state index contributed by atoms with van der Waals surface area (Å²) in [6, 6.07) is 13.3. The molecular formula is C21H26ClN3O2. The zero-order valence-electron chi connectivity index (χ0n) is 16.0. The van der Waals surface area contributed by atoms with Gasteiger partial charge < -0.3 is 19.9 Å². The van der Waals surface area contributed by atoms with Gasteiger partial charge in [-0.3, -0.25) is 4.79 Å². The molecule has 1 fully saturated rings. The van der Waals surface area contributed by atoms with Crippen molar-refractivity contribution in [3.05, 3.63) is 53.1 Å². The number of carbonyl (C=O) groups is 1. The topological polar surface area (TPSA) is 44.8 Å². The van der Waals surface area contributed by atoms with Crippen molar-refractivity contribution >= 4 is 28.9 Å². The predicted octanol–water partition coefficient (Wildman–Crippen LogP) is 3.81. The molecule has 1 amide bonds. The molecule has 27 heavy (non-hydrogen) atoms. The highest BCUT2D eigenvalue weighted by Crippen LogP contribution is 2.30. The van der Waals surface area contributed by atoms with E-state index in [0.717, 1.165) is 43.1 Å². The van der Waals surface area contributed by atoms with Crippen LogP contribution >= 0.6 is 11.6 Å². The molecule has 0 bridgehead atoms. The molecule has 144 valence electrons. The molecule has 1 aliphatic heterocycles. The molecule has 1 unspecified atom stereocenters. The maximum atomic E-state index is 12.7. The number of anilines is 2. The third-order valence-corrected chi connectivity index (χ3v) is 4.97. The lowest BCUT2D eigenvalue weighted by Crippen LogP contribution is -2.44. The first-order valence-electron chi connectivity index (χ1n) is 9.19. The largest absolute Gasteiger partial charge is 0.481 e. The van der Waals surface area contributed by atoms with Crippen LogP contribution in [0.4, 0.5) is 11.4 Å². The molecule has 5 nitrogen and oxygen atoms in total. The van der Waals surface area contributed by atoms with Gasteiger partial charge in [0.15, 0.2) is 6.10 Å². The van der Waals surface area contributed by atoms with Crippen molar-refractivity contribution in [1.29, 1.82) is 0 Å². The molecule has 2 aromatic carbocycles. The molecule has 2 aromatic rings. The van der Waals surface area contributed by atoms with Gasteiger partial charge in [0, 0.05) is 31.2 Å². The average Bonchev–Trinajstić information content (AvgIpc) is 2.63. The molecule has 1 N–H and O–H groups in total. The number of nitrogens with one attached hydrogen (secondary N) is 1. The monoisotopic (exact) mass is 387 g/mol. The van der Waals surface area contributed by atoms with E-state index in [-0.39, 0.29) is 5.91 Å². The maximum Gasteiger partial charge on any atom is 0.265 e. The molecule has 0 aliphatic carbocycles. The van der Waals surface area contributed by atoms with Gasteiger partial charge in [0.1, 0.15) is 5.75 Å². The lowest BCUT2D eigenvalue weighted by molar-refractivity contribution is -0.122. The Morgan fingerprint density at radius 2 is 1.89 bits per heavy atom. The van der Waals surface area contributed by atoms with Crippen molar-refractivity contribution in [3.63, 3.8) is 0 Å². The van der Waals surface area contributed by atoms with Crippen LogP contribution < -0.4 is 15.0 Å². The number of rotatable bonds is 5. The van der Waals surface area contributed by atoms with E-state index in [2.05, 4.69) is 22.2 Å². The zero-order chi connectivity index (χ0) is 19.4. The number of ether oxygens (including phenoxy) is 1. The second-order valence-electron chi connectivity index (χ2n) is 7.02. The van der Waals surface area contributed by atoms with E-state index in [4.69, 9.17) is 16.3 Å². The second-order valence-corrected chi connectivity index (χ2v) is 7.45. The second kappa shape index (κ2) is 8.63. The number of likely N-dealkylation sites (N-methyl/N-ethyl adjacent to an activating group) is 1. The number of nitrogens with zero attached hydrogens (tertiary/aromatic N) is 2. The Kier molecular flexibility index (Phi) is 6.24. The van der Waals surface area contributed by atoms with Gasteiger partial charge in [0.2, 0.25) is 0 Å². The van der Waals surface area contributed by atoms with E-state index in [1.54, 1.807) is 13.0 Å². The number of halogens is 1. The summed E-state index contributed by atoms with van der Waals surface area (Å²) in [5.41, 5.74) is 2.80. The van der Waals surface area contributed by atoms with Crippen LogP contribution in [-0.4, -0.2) is 50.1 Å². The molecule has 1 atom stereocenters. The van der Waals surface area contributed by atoms with Crippen molar-refractivity contribution in [2.75, 3.05) is 43.4 Å². The van der Waals surface area contributed by atoms with Crippen LogP contribution in [0.5, 0.6) is 5.75 Å². The first-order chi connectivity index (χ1) is 12.9. The number of benzene rings is 2. The minimum atomic E-state index is -0.619. The Morgan fingerprint density at radius 3 is 2.59 bits per heavy atom. The van der Waals surface area contributed by atoms with E-state index in [9.17, 15) is 4.79 Å². The van der Waals surface area contributed by atoms with E-state index < -0.39 is 6.10 Å². The average molecular weight is 388 g/mol. The van der Waals surface area contributed by atoms with Crippen LogP contribution in [0.2, 0.25) is 5.02 Å². The standard InChI is InChI=1S/C21H26ClN3O2/c1-15-5-4-6-18(13-15)27-16(2)21(26)23-19-14-17(22)7-8-20(19)25-11-9-24(3)10-12-25/h4-8,13-14,16H,9-12H2,1-3H3,(H,23,26). The van der Waals surface area contributed by atoms with Gasteiger partial charge in [-0.25, -0.2) is 0 Å². The summed E-state index contributed by atoms with van der Waals surface area (Å²) in [4.78, 5) is 17.3. The van der Waals surface area contributed by atoms with E-state index in [1.165, 1.54) is 0 Å². The summed E-state index contributed by atoms with van der Waals surface area (Å²) in [6.07, 6.45) is -0.619. The smallest absolute Gasteiger partial charge is 0.265 e. The van der Waals surface area contributed by atoms with Gasteiger partial charge in [-0.15, -0.1) is 0 Å². The summed E-state index contributed by atoms with van der Waals surface area (Å²) in [5.74, 6) is 0.484. The van der Waals surface area contributed by atoms with Gasteiger partial charge in [0.05, 0.1) is 11.4 Å². The van der Waals surface area contributed by atoms with Crippen molar-refractivity contribution < 1.29 is 9.53 Å². The van der Waals surface area contributed by atoms with E-state index in [1.807, 2.05) is 43.3 Å². The number of aryl methyl sites for hydroxylation is 1. The number of amides is 1. The summed E-state index contributed by atoms with van der Waals surface area (Å²) < 4.78 is 5.79. The first-order valence-corrected chi connectivity index (χ1v) is 9.57. The molecular weight excluding hydrogens is 362 g/mol. The van der Waals surface area contributed by atoms with Crippen LogP contribution in [-0.2, 0) is 4.79 Å². The van der Waals surface area contributed by atoms with Gasteiger partial charge in [-0.05, 0) is 56.8 Å². The minimum Gasteiger partial charge on any atom is -0.481 e. The van der Waals surface area contributed by atoms with Crippen molar-refractivity contribution in [3.8, 4) is 5.75 Å². The summed E-state index contributed by atoms with van der Waals surface area (Å²) >= 11 is 6.18. The number of carbonyl (C=O) groups excluding carboxylic acids is 1. The van der Waals surface area contributed by atoms with Crippen LogP contribution in [0.15, 0.2) is 42.5 Å². The fourth-order valence-corrected chi connectivity index (χ4v) is 3.28. The van der Waals surface area contributed by atoms with E-state index >= 15 is 0 Å². The fraction of sp³-hybridized carbons (Fsp3) is 0.381. The minimum absolute atomic E-state index is 0.200. The van der Waals surface area contributed by atoms with Gasteiger partial charge in [-0.1, -0.05) is 23.7 Å². The third kappa shape index (κ3) is 5.15. The van der Waals surface area contributed by atoms with Crippen LogP contribution in [0.1, 0.15) is 12.5 Å². The van der Waals surface area contributed by atoms with Crippen molar-refractivity contribution in [2.45, 2.75) is 20.0 Å². The fourth-order valence-electron chi connectivity index (χ4n) is 3.11. The van der Waals surface area contributed by atoms with Crippen LogP contribution in [0.25, 0.3) is 0 Å². The van der Waals surface area contributed by atoms with E-state index in [0.29, 0.717) is 10.8 Å². The Morgan fingerprint density at radius 1 is 1.15 bits per heavy atom. The van der Waals surface area contributed by atoms with Gasteiger partial charge in [0.25, 0.3) is 5.91 Å². The summed E-state index contributed by atoms with van der Waals surface area (Å²) in [7, 11) is 2.12. The van der Waals surface area contributed by atoms with Crippen molar-refractivity contribution in [1.82, 2.24) is 4.90 Å². The summed E-state index contributed by atoms with van der Waals surface area (Å²) in [6.45, 7) is 7.54. The zero-order valence-corrected chi connectivity index (χ0v) is 16.8. The lowest BCUT2D eigenvalue weighted by atomic mass is 10.2. The first kappa shape index (κ1) is 19.5.